The minimum Gasteiger partial charge on any atom is -0.484 e. The van der Waals surface area contributed by atoms with Gasteiger partial charge in [-0.3, -0.25) is 0 Å². The highest BCUT2D eigenvalue weighted by molar-refractivity contribution is 5.73. The van der Waals surface area contributed by atoms with Gasteiger partial charge in [-0.15, -0.1) is 0 Å². The van der Waals surface area contributed by atoms with Crippen LogP contribution >= 0.6 is 0 Å². The van der Waals surface area contributed by atoms with Gasteiger partial charge < -0.3 is 14.9 Å². The fraction of sp³-hybridized carbons (Fsp3) is 0.188. The summed E-state index contributed by atoms with van der Waals surface area (Å²) in [6.07, 6.45) is 0.846. The fourth-order valence-corrected chi connectivity index (χ4v) is 2.07. The van der Waals surface area contributed by atoms with E-state index in [0.717, 1.165) is 23.3 Å². The van der Waals surface area contributed by atoms with Crippen LogP contribution in [0.15, 0.2) is 52.9 Å². The van der Waals surface area contributed by atoms with E-state index in [1.165, 1.54) is 5.56 Å². The molecule has 0 atom stereocenters. The van der Waals surface area contributed by atoms with E-state index in [1.807, 2.05) is 48.5 Å². The second-order valence-electron chi connectivity index (χ2n) is 4.55. The van der Waals surface area contributed by atoms with E-state index < -0.39 is 0 Å². The van der Waals surface area contributed by atoms with E-state index in [1.54, 1.807) is 0 Å². The number of nitrogens with zero attached hydrogens (tertiary/aromatic N) is 1. The predicted molar refractivity (Wildman–Crippen MR) is 77.5 cm³/mol. The van der Waals surface area contributed by atoms with Crippen LogP contribution in [0.3, 0.4) is 0 Å². The summed E-state index contributed by atoms with van der Waals surface area (Å²) in [5, 5.41) is 0. The van der Waals surface area contributed by atoms with Crippen molar-refractivity contribution < 1.29 is 9.15 Å². The first-order valence-corrected chi connectivity index (χ1v) is 6.61. The van der Waals surface area contributed by atoms with Gasteiger partial charge in [0.1, 0.15) is 11.3 Å². The molecule has 0 bridgehead atoms. The largest absolute Gasteiger partial charge is 0.484 e. The molecule has 3 aromatic rings. The Morgan fingerprint density at radius 3 is 2.75 bits per heavy atom. The molecule has 1 heterocycles. The second kappa shape index (κ2) is 5.75. The normalized spacial score (nSPS) is 10.8. The van der Waals surface area contributed by atoms with Crippen molar-refractivity contribution in [3.63, 3.8) is 0 Å². The van der Waals surface area contributed by atoms with Gasteiger partial charge in [-0.1, -0.05) is 24.3 Å². The van der Waals surface area contributed by atoms with Gasteiger partial charge in [-0.25, -0.2) is 4.98 Å². The average molecular weight is 268 g/mol. The number of hydrogen-bond donors (Lipinski definition) is 1. The Bertz CT molecular complexity index is 692. The molecular weight excluding hydrogens is 252 g/mol. The Morgan fingerprint density at radius 2 is 1.95 bits per heavy atom. The van der Waals surface area contributed by atoms with Crippen molar-refractivity contribution in [2.45, 2.75) is 13.0 Å². The number of hydrogen-bond acceptors (Lipinski definition) is 4. The third-order valence-corrected chi connectivity index (χ3v) is 3.03. The van der Waals surface area contributed by atoms with Crippen LogP contribution < -0.4 is 10.5 Å². The highest BCUT2D eigenvalue weighted by atomic mass is 16.5. The van der Waals surface area contributed by atoms with E-state index in [9.17, 15) is 0 Å². The number of nitrogens with two attached hydrogens (primary N) is 1. The summed E-state index contributed by atoms with van der Waals surface area (Å²) in [7, 11) is 0. The van der Waals surface area contributed by atoms with E-state index in [2.05, 4.69) is 4.98 Å². The topological polar surface area (TPSA) is 61.3 Å². The molecule has 0 saturated heterocycles. The van der Waals surface area contributed by atoms with Gasteiger partial charge in [0.15, 0.2) is 12.2 Å². The molecule has 0 fully saturated rings. The zero-order valence-electron chi connectivity index (χ0n) is 11.1. The lowest BCUT2D eigenvalue weighted by Crippen LogP contribution is -2.02. The molecular formula is C16H16N2O2. The third-order valence-electron chi connectivity index (χ3n) is 3.03. The Balaban J connectivity index is 1.75. The van der Waals surface area contributed by atoms with Crippen molar-refractivity contribution in [1.29, 1.82) is 0 Å². The third kappa shape index (κ3) is 2.81. The first kappa shape index (κ1) is 12.7. The number of ether oxygens (including phenoxy) is 1. The van der Waals surface area contributed by atoms with Gasteiger partial charge in [0.2, 0.25) is 5.89 Å². The monoisotopic (exact) mass is 268 g/mol. The maximum atomic E-state index is 5.66. The number of fused-ring (bicyclic) bond motifs is 1. The van der Waals surface area contributed by atoms with Crippen molar-refractivity contribution in [3.8, 4) is 5.75 Å². The van der Waals surface area contributed by atoms with E-state index in [4.69, 9.17) is 14.9 Å². The Morgan fingerprint density at radius 1 is 1.10 bits per heavy atom. The maximum absolute atomic E-state index is 5.66. The van der Waals surface area contributed by atoms with Crippen LogP contribution in [-0.2, 0) is 13.0 Å². The summed E-state index contributed by atoms with van der Waals surface area (Å²) in [4.78, 5) is 4.44. The van der Waals surface area contributed by atoms with Crippen LogP contribution in [0.5, 0.6) is 5.75 Å². The molecule has 0 spiro atoms. The first-order chi connectivity index (χ1) is 9.85. The quantitative estimate of drug-likeness (QED) is 0.773. The highest BCUT2D eigenvalue weighted by Crippen LogP contribution is 2.19. The van der Waals surface area contributed by atoms with Crippen LogP contribution in [0.1, 0.15) is 11.5 Å². The van der Waals surface area contributed by atoms with Crippen LogP contribution in [0.2, 0.25) is 0 Å². The molecule has 2 N–H and O–H groups in total. The maximum Gasteiger partial charge on any atom is 0.233 e. The zero-order valence-corrected chi connectivity index (χ0v) is 11.1. The molecule has 3 rings (SSSR count). The number of aromatic nitrogens is 1. The second-order valence-corrected chi connectivity index (χ2v) is 4.55. The molecule has 0 unspecified atom stereocenters. The van der Waals surface area contributed by atoms with Gasteiger partial charge in [0.25, 0.3) is 0 Å². The van der Waals surface area contributed by atoms with Crippen molar-refractivity contribution in [1.82, 2.24) is 4.98 Å². The average Bonchev–Trinajstić information content (AvgIpc) is 2.89. The fourth-order valence-electron chi connectivity index (χ4n) is 2.07. The number of rotatable bonds is 5. The van der Waals surface area contributed by atoms with E-state index >= 15 is 0 Å². The van der Waals surface area contributed by atoms with E-state index in [0.29, 0.717) is 19.0 Å². The van der Waals surface area contributed by atoms with Gasteiger partial charge >= 0.3 is 0 Å². The summed E-state index contributed by atoms with van der Waals surface area (Å²) < 4.78 is 11.3. The Kier molecular flexibility index (Phi) is 3.65. The van der Waals surface area contributed by atoms with Crippen molar-refractivity contribution >= 4 is 11.1 Å². The van der Waals surface area contributed by atoms with Gasteiger partial charge in [0, 0.05) is 0 Å². The number of para-hydroxylation sites is 1. The van der Waals surface area contributed by atoms with Gasteiger partial charge in [-0.05, 0) is 42.8 Å². The highest BCUT2D eigenvalue weighted by Gasteiger charge is 2.07. The SMILES string of the molecule is NCCc1ccc2oc(COc3ccccc3)nc2c1. The van der Waals surface area contributed by atoms with Crippen LogP contribution in [-0.4, -0.2) is 11.5 Å². The van der Waals surface area contributed by atoms with Gasteiger partial charge in [-0.2, -0.15) is 0 Å². The van der Waals surface area contributed by atoms with Gasteiger partial charge in [0.05, 0.1) is 0 Å². The number of benzene rings is 2. The molecule has 0 aliphatic rings. The Labute approximate surface area is 117 Å². The zero-order chi connectivity index (χ0) is 13.8. The molecule has 0 aliphatic heterocycles. The van der Waals surface area contributed by atoms with Crippen molar-refractivity contribution in [3.05, 3.63) is 60.0 Å². The molecule has 2 aromatic carbocycles. The molecule has 102 valence electrons. The van der Waals surface area contributed by atoms with Crippen molar-refractivity contribution in [2.24, 2.45) is 5.73 Å². The van der Waals surface area contributed by atoms with Crippen LogP contribution in [0, 0.1) is 0 Å². The standard InChI is InChI=1S/C16H16N2O2/c17-9-8-12-6-7-15-14(10-12)18-16(20-15)11-19-13-4-2-1-3-5-13/h1-7,10H,8-9,11,17H2. The lowest BCUT2D eigenvalue weighted by atomic mass is 10.1. The minimum atomic E-state index is 0.324. The molecule has 0 saturated carbocycles. The summed E-state index contributed by atoms with van der Waals surface area (Å²) in [5.74, 6) is 1.38. The molecule has 0 amide bonds. The molecule has 1 aromatic heterocycles. The molecule has 20 heavy (non-hydrogen) atoms. The van der Waals surface area contributed by atoms with Crippen LogP contribution in [0.25, 0.3) is 11.1 Å². The van der Waals surface area contributed by atoms with Crippen LogP contribution in [0.4, 0.5) is 0 Å². The summed E-state index contributed by atoms with van der Waals surface area (Å²) in [5.41, 5.74) is 8.35. The summed E-state index contributed by atoms with van der Waals surface area (Å²) in [6, 6.07) is 15.6. The molecule has 0 radical (unpaired) electrons. The Hall–Kier alpha value is -2.33. The van der Waals surface area contributed by atoms with Crippen molar-refractivity contribution in [2.75, 3.05) is 6.54 Å². The summed E-state index contributed by atoms with van der Waals surface area (Å²) >= 11 is 0. The summed E-state index contributed by atoms with van der Waals surface area (Å²) in [6.45, 7) is 0.957. The van der Waals surface area contributed by atoms with E-state index in [-0.39, 0.29) is 0 Å². The smallest absolute Gasteiger partial charge is 0.233 e. The lowest BCUT2D eigenvalue weighted by molar-refractivity contribution is 0.267. The number of oxazole rings is 1. The molecule has 4 nitrogen and oxygen atoms in total. The first-order valence-electron chi connectivity index (χ1n) is 6.61. The lowest BCUT2D eigenvalue weighted by Gasteiger charge is -2.01. The molecule has 4 heteroatoms. The molecule has 0 aliphatic carbocycles. The minimum absolute atomic E-state index is 0.324. The predicted octanol–water partition coefficient (Wildman–Crippen LogP) is 2.91.